The van der Waals surface area contributed by atoms with Crippen molar-refractivity contribution < 1.29 is 19.1 Å². The van der Waals surface area contributed by atoms with Gasteiger partial charge in [0.1, 0.15) is 0 Å². The number of thiophene rings is 1. The summed E-state index contributed by atoms with van der Waals surface area (Å²) in [6.45, 7) is 2.56. The molecule has 2 amide bonds. The predicted octanol–water partition coefficient (Wildman–Crippen LogP) is 3.95. The Balaban J connectivity index is 1.51. The highest BCUT2D eigenvalue weighted by Gasteiger charge is 2.26. The molecule has 2 aromatic rings. The number of hydrogen-bond donors (Lipinski definition) is 1. The zero-order valence-corrected chi connectivity index (χ0v) is 16.7. The van der Waals surface area contributed by atoms with Crippen LogP contribution >= 0.6 is 11.3 Å². The molecule has 1 saturated heterocycles. The van der Waals surface area contributed by atoms with Gasteiger partial charge in [-0.25, -0.2) is 4.79 Å². The van der Waals surface area contributed by atoms with Gasteiger partial charge in [0.25, 0.3) is 11.8 Å². The van der Waals surface area contributed by atoms with Gasteiger partial charge in [-0.05, 0) is 61.4 Å². The molecule has 1 fully saturated rings. The van der Waals surface area contributed by atoms with Crippen LogP contribution in [-0.4, -0.2) is 41.9 Å². The Kier molecular flexibility index (Phi) is 6.81. The molecule has 0 saturated carbocycles. The van der Waals surface area contributed by atoms with Crippen LogP contribution in [0.3, 0.4) is 0 Å². The van der Waals surface area contributed by atoms with Gasteiger partial charge in [-0.2, -0.15) is 0 Å². The normalized spacial score (nSPS) is 16.5. The Bertz CT molecular complexity index is 817. The summed E-state index contributed by atoms with van der Waals surface area (Å²) in [5, 5.41) is 4.61. The Morgan fingerprint density at radius 1 is 1.18 bits per heavy atom. The van der Waals surface area contributed by atoms with Crippen LogP contribution in [0.1, 0.15) is 52.6 Å². The van der Waals surface area contributed by atoms with Crippen molar-refractivity contribution in [2.45, 2.75) is 38.6 Å². The molecule has 7 heteroatoms. The molecule has 148 valence electrons. The van der Waals surface area contributed by atoms with Gasteiger partial charge < -0.3 is 15.0 Å². The van der Waals surface area contributed by atoms with Crippen LogP contribution in [0.5, 0.6) is 0 Å². The van der Waals surface area contributed by atoms with Gasteiger partial charge in [0, 0.05) is 18.3 Å². The van der Waals surface area contributed by atoms with E-state index in [9.17, 15) is 14.4 Å². The lowest BCUT2D eigenvalue weighted by molar-refractivity contribution is -0.138. The Morgan fingerprint density at radius 2 is 1.96 bits per heavy atom. The van der Waals surface area contributed by atoms with Crippen molar-refractivity contribution in [3.63, 3.8) is 0 Å². The van der Waals surface area contributed by atoms with Gasteiger partial charge in [0.2, 0.25) is 0 Å². The van der Waals surface area contributed by atoms with Crippen LogP contribution in [0.2, 0.25) is 0 Å². The number of amides is 2. The van der Waals surface area contributed by atoms with Crippen molar-refractivity contribution >= 4 is 34.8 Å². The van der Waals surface area contributed by atoms with Gasteiger partial charge in [-0.3, -0.25) is 9.59 Å². The molecule has 28 heavy (non-hydrogen) atoms. The van der Waals surface area contributed by atoms with E-state index in [1.165, 1.54) is 11.3 Å². The zero-order chi connectivity index (χ0) is 19.9. The summed E-state index contributed by atoms with van der Waals surface area (Å²) in [6, 6.07) is 10.2. The fourth-order valence-electron chi connectivity index (χ4n) is 3.34. The molecule has 1 aliphatic rings. The molecule has 0 bridgehead atoms. The first-order valence-corrected chi connectivity index (χ1v) is 10.4. The fourth-order valence-corrected chi connectivity index (χ4v) is 3.96. The number of nitrogens with one attached hydrogen (secondary N) is 1. The van der Waals surface area contributed by atoms with Gasteiger partial charge in [0.15, 0.2) is 6.61 Å². The average Bonchev–Trinajstić information content (AvgIpc) is 3.27. The van der Waals surface area contributed by atoms with Crippen LogP contribution in [0, 0.1) is 0 Å². The van der Waals surface area contributed by atoms with Crippen molar-refractivity contribution in [1.29, 1.82) is 0 Å². The number of ether oxygens (including phenoxy) is 1. The second kappa shape index (κ2) is 9.50. The lowest BCUT2D eigenvalue weighted by Crippen LogP contribution is -2.45. The highest BCUT2D eigenvalue weighted by molar-refractivity contribution is 7.12. The number of piperidine rings is 1. The molecule has 0 radical (unpaired) electrons. The number of carbonyl (C=O) groups excluding carboxylic acids is 3. The summed E-state index contributed by atoms with van der Waals surface area (Å²) in [7, 11) is 0. The third-order valence-corrected chi connectivity index (χ3v) is 5.74. The number of esters is 1. The lowest BCUT2D eigenvalue weighted by atomic mass is 10.00. The highest BCUT2D eigenvalue weighted by Crippen LogP contribution is 2.20. The monoisotopic (exact) mass is 400 g/mol. The van der Waals surface area contributed by atoms with Crippen LogP contribution in [0.15, 0.2) is 41.8 Å². The highest BCUT2D eigenvalue weighted by atomic mass is 32.1. The summed E-state index contributed by atoms with van der Waals surface area (Å²) in [6.07, 6.45) is 4.06. The third-order valence-electron chi connectivity index (χ3n) is 4.87. The first kappa shape index (κ1) is 20.1. The molecule has 1 atom stereocenters. The van der Waals surface area contributed by atoms with Crippen molar-refractivity contribution in [3.05, 3.63) is 52.2 Å². The maximum absolute atomic E-state index is 12.4. The first-order chi connectivity index (χ1) is 13.6. The maximum Gasteiger partial charge on any atom is 0.338 e. The van der Waals surface area contributed by atoms with Gasteiger partial charge in [0.05, 0.1) is 10.4 Å². The van der Waals surface area contributed by atoms with E-state index in [4.69, 9.17) is 4.74 Å². The number of carbonyl (C=O) groups is 3. The summed E-state index contributed by atoms with van der Waals surface area (Å²) in [4.78, 5) is 39.1. The number of benzene rings is 1. The van der Waals surface area contributed by atoms with E-state index >= 15 is 0 Å². The van der Waals surface area contributed by atoms with Crippen LogP contribution in [0.25, 0.3) is 0 Å². The summed E-state index contributed by atoms with van der Waals surface area (Å²) in [5.41, 5.74) is 0.928. The number of hydrogen-bond acceptors (Lipinski definition) is 5. The molecule has 0 aliphatic carbocycles. The van der Waals surface area contributed by atoms with E-state index in [1.54, 1.807) is 30.3 Å². The maximum atomic E-state index is 12.4. The van der Waals surface area contributed by atoms with Gasteiger partial charge in [-0.15, -0.1) is 11.3 Å². The van der Waals surface area contributed by atoms with Crippen LogP contribution < -0.4 is 5.32 Å². The van der Waals surface area contributed by atoms with E-state index in [1.807, 2.05) is 16.3 Å². The molecule has 0 spiro atoms. The molecule has 0 unspecified atom stereocenters. The van der Waals surface area contributed by atoms with E-state index < -0.39 is 5.97 Å². The zero-order valence-electron chi connectivity index (χ0n) is 15.8. The van der Waals surface area contributed by atoms with Gasteiger partial charge >= 0.3 is 5.97 Å². The fraction of sp³-hybridized carbons (Fsp3) is 0.381. The number of likely N-dealkylation sites (tertiary alicyclic amines) is 1. The first-order valence-electron chi connectivity index (χ1n) is 9.50. The molecule has 3 rings (SSSR count). The van der Waals surface area contributed by atoms with Crippen molar-refractivity contribution in [2.24, 2.45) is 0 Å². The smallest absolute Gasteiger partial charge is 0.338 e. The molecule has 1 aromatic heterocycles. The summed E-state index contributed by atoms with van der Waals surface area (Å²) < 4.78 is 5.20. The molecule has 1 aliphatic heterocycles. The minimum atomic E-state index is -0.547. The van der Waals surface area contributed by atoms with Crippen LogP contribution in [-0.2, 0) is 9.53 Å². The largest absolute Gasteiger partial charge is 0.452 e. The predicted molar refractivity (Wildman–Crippen MR) is 109 cm³/mol. The van der Waals surface area contributed by atoms with Crippen molar-refractivity contribution in [2.75, 3.05) is 18.5 Å². The molecular formula is C21H24N2O4S. The third kappa shape index (κ3) is 4.98. The minimum absolute atomic E-state index is 0.139. The second-order valence-electron chi connectivity index (χ2n) is 6.73. The minimum Gasteiger partial charge on any atom is -0.452 e. The van der Waals surface area contributed by atoms with E-state index in [0.29, 0.717) is 16.1 Å². The van der Waals surface area contributed by atoms with Gasteiger partial charge in [-0.1, -0.05) is 13.0 Å². The molecule has 1 aromatic carbocycles. The SMILES string of the molecule is CC[C@@H]1CCCCN1C(=O)COC(=O)c1ccc(NC(=O)c2cccs2)cc1. The van der Waals surface area contributed by atoms with Crippen molar-refractivity contribution in [3.8, 4) is 0 Å². The molecule has 2 heterocycles. The lowest BCUT2D eigenvalue weighted by Gasteiger charge is -2.35. The number of nitrogens with zero attached hydrogens (tertiary/aromatic N) is 1. The number of rotatable bonds is 6. The molecular weight excluding hydrogens is 376 g/mol. The van der Waals surface area contributed by atoms with Crippen LogP contribution in [0.4, 0.5) is 5.69 Å². The van der Waals surface area contributed by atoms with E-state index in [2.05, 4.69) is 12.2 Å². The quantitative estimate of drug-likeness (QED) is 0.745. The number of anilines is 1. The summed E-state index contributed by atoms with van der Waals surface area (Å²) in [5.74, 6) is -0.878. The van der Waals surface area contributed by atoms with E-state index in [-0.39, 0.29) is 24.5 Å². The Hall–Kier alpha value is -2.67. The topological polar surface area (TPSA) is 75.7 Å². The molecule has 1 N–H and O–H groups in total. The molecule has 6 nitrogen and oxygen atoms in total. The summed E-state index contributed by atoms with van der Waals surface area (Å²) >= 11 is 1.36. The average molecular weight is 401 g/mol. The Morgan fingerprint density at radius 3 is 2.64 bits per heavy atom. The second-order valence-corrected chi connectivity index (χ2v) is 7.68. The van der Waals surface area contributed by atoms with E-state index in [0.717, 1.165) is 32.2 Å². The Labute approximate surface area is 168 Å². The standard InChI is InChI=1S/C21H24N2O4S/c1-2-17-6-3-4-12-23(17)19(24)14-27-21(26)15-8-10-16(11-9-15)22-20(25)18-7-5-13-28-18/h5,7-11,13,17H,2-4,6,12,14H2,1H3,(H,22,25)/t17-/m1/s1. The van der Waals surface area contributed by atoms with Crippen molar-refractivity contribution in [1.82, 2.24) is 4.90 Å².